The zero-order valence-corrected chi connectivity index (χ0v) is 15.4. The average Bonchev–Trinajstić information content (AvgIpc) is 3.07. The molecule has 0 saturated carbocycles. The molecule has 2 heterocycles. The van der Waals surface area contributed by atoms with E-state index in [0.29, 0.717) is 23.8 Å². The van der Waals surface area contributed by atoms with Crippen molar-refractivity contribution < 1.29 is 8.42 Å². The molecule has 3 rings (SSSR count). The third kappa shape index (κ3) is 3.60. The zero-order valence-electron chi connectivity index (χ0n) is 13.7. The lowest BCUT2D eigenvalue weighted by Crippen LogP contribution is -2.41. The third-order valence-corrected chi connectivity index (χ3v) is 6.78. The summed E-state index contributed by atoms with van der Waals surface area (Å²) in [6, 6.07) is 8.60. The highest BCUT2D eigenvalue weighted by molar-refractivity contribution is 7.94. The molecule has 1 aromatic heterocycles. The lowest BCUT2D eigenvalue weighted by Gasteiger charge is -2.24. The van der Waals surface area contributed by atoms with Crippen LogP contribution in [0.3, 0.4) is 0 Å². The first-order valence-electron chi connectivity index (χ1n) is 7.56. The van der Waals surface area contributed by atoms with Gasteiger partial charge in [-0.15, -0.1) is 11.3 Å². The molecule has 0 amide bonds. The number of fused-ring (bicyclic) bond motifs is 1. The van der Waals surface area contributed by atoms with Gasteiger partial charge in [0, 0.05) is 18.8 Å². The smallest absolute Gasteiger partial charge is 0.271 e. The van der Waals surface area contributed by atoms with Gasteiger partial charge in [-0.1, -0.05) is 6.07 Å². The van der Waals surface area contributed by atoms with Crippen LogP contribution in [-0.2, 0) is 16.4 Å². The standard InChI is InChI=1S/C16H17N5O2S2/c1-11-8-12-9-13(20-25(22,23)15-4-3-7-24-15)5-6-14(12)19-16(18-10-17)21(11)2/h3-7,9,11,20H,8H2,1-2H3,(H,18,19). The molecule has 0 spiro atoms. The number of nitrogens with one attached hydrogen (secondary N) is 2. The molecule has 0 aliphatic carbocycles. The maximum atomic E-state index is 12.4. The van der Waals surface area contributed by atoms with Crippen molar-refractivity contribution >= 4 is 38.7 Å². The summed E-state index contributed by atoms with van der Waals surface area (Å²) in [6.45, 7) is 2.02. The van der Waals surface area contributed by atoms with Gasteiger partial charge in [0.2, 0.25) is 5.96 Å². The molecule has 2 N–H and O–H groups in total. The Morgan fingerprint density at radius 3 is 2.88 bits per heavy atom. The fourth-order valence-electron chi connectivity index (χ4n) is 2.57. The number of thiophene rings is 1. The van der Waals surface area contributed by atoms with Gasteiger partial charge >= 0.3 is 0 Å². The molecule has 1 unspecified atom stereocenters. The Morgan fingerprint density at radius 1 is 1.40 bits per heavy atom. The number of nitrogens with zero attached hydrogens (tertiary/aromatic N) is 3. The highest BCUT2D eigenvalue weighted by Crippen LogP contribution is 2.29. The molecule has 0 saturated heterocycles. The molecule has 1 aliphatic rings. The minimum absolute atomic E-state index is 0.102. The highest BCUT2D eigenvalue weighted by Gasteiger charge is 2.22. The van der Waals surface area contributed by atoms with Gasteiger partial charge in [-0.25, -0.2) is 13.4 Å². The number of nitriles is 1. The molecular weight excluding hydrogens is 358 g/mol. The number of sulfonamides is 1. The van der Waals surface area contributed by atoms with E-state index < -0.39 is 10.0 Å². The van der Waals surface area contributed by atoms with Gasteiger partial charge in [0.05, 0.1) is 5.69 Å². The first-order valence-corrected chi connectivity index (χ1v) is 9.93. The quantitative estimate of drug-likeness (QED) is 0.634. The Hall–Kier alpha value is -2.57. The van der Waals surface area contributed by atoms with Gasteiger partial charge < -0.3 is 4.90 Å². The largest absolute Gasteiger partial charge is 0.342 e. The predicted molar refractivity (Wildman–Crippen MR) is 98.3 cm³/mol. The topological polar surface area (TPSA) is 97.6 Å². The molecule has 25 heavy (non-hydrogen) atoms. The summed E-state index contributed by atoms with van der Waals surface area (Å²) in [7, 11) is -1.72. The predicted octanol–water partition coefficient (Wildman–Crippen LogP) is 2.48. The van der Waals surface area contributed by atoms with Gasteiger partial charge in [-0.3, -0.25) is 10.0 Å². The van der Waals surface area contributed by atoms with Crippen molar-refractivity contribution in [2.24, 2.45) is 4.99 Å². The van der Waals surface area contributed by atoms with Crippen LogP contribution in [0.1, 0.15) is 12.5 Å². The summed E-state index contributed by atoms with van der Waals surface area (Å²) in [5.74, 6) is 0.473. The van der Waals surface area contributed by atoms with E-state index in [2.05, 4.69) is 15.0 Å². The van der Waals surface area contributed by atoms with E-state index in [9.17, 15) is 8.42 Å². The van der Waals surface area contributed by atoms with Crippen LogP contribution in [-0.4, -0.2) is 32.4 Å². The second-order valence-electron chi connectivity index (χ2n) is 5.72. The Morgan fingerprint density at radius 2 is 2.20 bits per heavy atom. The van der Waals surface area contributed by atoms with Gasteiger partial charge in [0.1, 0.15) is 4.21 Å². The van der Waals surface area contributed by atoms with Crippen molar-refractivity contribution in [1.29, 1.82) is 5.26 Å². The Labute approximate surface area is 150 Å². The summed E-state index contributed by atoms with van der Waals surface area (Å²) < 4.78 is 27.6. The molecule has 2 aromatic rings. The Bertz CT molecular complexity index is 945. The van der Waals surface area contributed by atoms with E-state index in [4.69, 9.17) is 5.26 Å². The first-order chi connectivity index (χ1) is 11.9. The fraction of sp³-hybridized carbons (Fsp3) is 0.250. The van der Waals surface area contributed by atoms with Crippen LogP contribution in [0.4, 0.5) is 11.4 Å². The number of benzene rings is 1. The summed E-state index contributed by atoms with van der Waals surface area (Å²) in [5, 5.41) is 13.2. The van der Waals surface area contributed by atoms with E-state index >= 15 is 0 Å². The molecule has 130 valence electrons. The lowest BCUT2D eigenvalue weighted by molar-refractivity contribution is 0.384. The van der Waals surface area contributed by atoms with Crippen molar-refractivity contribution in [3.63, 3.8) is 0 Å². The molecule has 7 nitrogen and oxygen atoms in total. The second-order valence-corrected chi connectivity index (χ2v) is 8.57. The van der Waals surface area contributed by atoms with Gasteiger partial charge in [-0.2, -0.15) is 5.26 Å². The van der Waals surface area contributed by atoms with Crippen LogP contribution < -0.4 is 10.0 Å². The average molecular weight is 375 g/mol. The zero-order chi connectivity index (χ0) is 18.0. The van der Waals surface area contributed by atoms with Crippen molar-refractivity contribution in [1.82, 2.24) is 10.2 Å². The van der Waals surface area contributed by atoms with Gasteiger partial charge in [0.15, 0.2) is 6.19 Å². The van der Waals surface area contributed by atoms with E-state index in [0.717, 1.165) is 5.56 Å². The van der Waals surface area contributed by atoms with Crippen molar-refractivity contribution in [2.45, 2.75) is 23.6 Å². The number of likely N-dealkylation sites (N-methyl/N-ethyl adjacent to an activating group) is 1. The lowest BCUT2D eigenvalue weighted by atomic mass is 10.0. The van der Waals surface area contributed by atoms with Crippen LogP contribution in [0.25, 0.3) is 0 Å². The summed E-state index contributed by atoms with van der Waals surface area (Å²) in [5.41, 5.74) is 2.13. The number of aliphatic imine (C=N–C) groups is 1. The fourth-order valence-corrected chi connectivity index (χ4v) is 4.61. The monoisotopic (exact) mass is 375 g/mol. The second kappa shape index (κ2) is 6.74. The van der Waals surface area contributed by atoms with E-state index in [1.165, 1.54) is 11.3 Å². The molecule has 0 fully saturated rings. The molecule has 1 aromatic carbocycles. The minimum Gasteiger partial charge on any atom is -0.342 e. The van der Waals surface area contributed by atoms with E-state index in [-0.39, 0.29) is 10.3 Å². The van der Waals surface area contributed by atoms with E-state index in [1.54, 1.807) is 35.7 Å². The van der Waals surface area contributed by atoms with Crippen LogP contribution >= 0.6 is 11.3 Å². The minimum atomic E-state index is -3.58. The number of rotatable bonds is 3. The number of guanidine groups is 1. The SMILES string of the molecule is CC1Cc2cc(NS(=O)(=O)c3cccs3)ccc2N=C(NC#N)N1C. The van der Waals surface area contributed by atoms with Crippen LogP contribution in [0.5, 0.6) is 0 Å². The molecular formula is C16H17N5O2S2. The first kappa shape index (κ1) is 17.3. The summed E-state index contributed by atoms with van der Waals surface area (Å²) in [4.78, 5) is 6.37. The summed E-state index contributed by atoms with van der Waals surface area (Å²) >= 11 is 1.17. The highest BCUT2D eigenvalue weighted by atomic mass is 32.2. The molecule has 0 bridgehead atoms. The molecule has 9 heteroatoms. The third-order valence-electron chi connectivity index (χ3n) is 4.00. The van der Waals surface area contributed by atoms with Crippen LogP contribution in [0.2, 0.25) is 0 Å². The Balaban J connectivity index is 1.93. The maximum Gasteiger partial charge on any atom is 0.271 e. The maximum absolute atomic E-state index is 12.4. The summed E-state index contributed by atoms with van der Waals surface area (Å²) in [6.07, 6.45) is 2.57. The van der Waals surface area contributed by atoms with E-state index in [1.807, 2.05) is 25.1 Å². The van der Waals surface area contributed by atoms with Crippen molar-refractivity contribution in [3.8, 4) is 6.19 Å². The van der Waals surface area contributed by atoms with Crippen molar-refractivity contribution in [2.75, 3.05) is 11.8 Å². The number of hydrogen-bond donors (Lipinski definition) is 2. The molecule has 1 aliphatic heterocycles. The van der Waals surface area contributed by atoms with Gasteiger partial charge in [-0.05, 0) is 48.6 Å². The van der Waals surface area contributed by atoms with Gasteiger partial charge in [0.25, 0.3) is 10.0 Å². The number of hydrogen-bond acceptors (Lipinski definition) is 7. The van der Waals surface area contributed by atoms with Crippen molar-refractivity contribution in [3.05, 3.63) is 41.3 Å². The number of anilines is 1. The van der Waals surface area contributed by atoms with Crippen LogP contribution in [0, 0.1) is 11.5 Å². The molecule has 0 radical (unpaired) electrons. The normalized spacial score (nSPS) is 17.1. The van der Waals surface area contributed by atoms with Crippen LogP contribution in [0.15, 0.2) is 44.9 Å². The molecule has 1 atom stereocenters. The Kier molecular flexibility index (Phi) is 4.65.